The van der Waals surface area contributed by atoms with Crippen LogP contribution in [0, 0.1) is 17.8 Å². The molecule has 178 valence electrons. The number of allylic oxidation sites excluding steroid dienone is 2. The van der Waals surface area contributed by atoms with Crippen molar-refractivity contribution in [2.24, 2.45) is 17.8 Å². The zero-order valence-corrected chi connectivity index (χ0v) is 23.2. The van der Waals surface area contributed by atoms with Gasteiger partial charge in [-0.1, -0.05) is 72.3 Å². The summed E-state index contributed by atoms with van der Waals surface area (Å²) in [5, 5.41) is 0.177. The molecule has 0 spiro atoms. The summed E-state index contributed by atoms with van der Waals surface area (Å²) in [4.78, 5) is 0. The molecule has 0 aromatic rings. The van der Waals surface area contributed by atoms with Gasteiger partial charge in [-0.05, 0) is 62.1 Å². The lowest BCUT2D eigenvalue weighted by atomic mass is 9.90. The molecule has 4 nitrogen and oxygen atoms in total. The maximum atomic E-state index is 11.1. The second kappa shape index (κ2) is 12.6. The summed E-state index contributed by atoms with van der Waals surface area (Å²) >= 11 is 0. The average molecular weight is 461 g/mol. The van der Waals surface area contributed by atoms with Crippen molar-refractivity contribution in [2.75, 3.05) is 12.9 Å². The van der Waals surface area contributed by atoms with Crippen LogP contribution in [-0.2, 0) is 18.7 Å². The Kier molecular flexibility index (Phi) is 12.4. The van der Waals surface area contributed by atoms with Gasteiger partial charge in [0.2, 0.25) is 0 Å². The Balaban J connectivity index is 5.28. The van der Waals surface area contributed by atoms with E-state index in [0.29, 0.717) is 5.92 Å². The number of hydrogen-bond donors (Lipinski definition) is 0. The summed E-state index contributed by atoms with van der Waals surface area (Å²) in [6.07, 6.45) is 10.6. The summed E-state index contributed by atoms with van der Waals surface area (Å²) in [5.41, 5.74) is 1.10. The van der Waals surface area contributed by atoms with Crippen LogP contribution in [-0.4, -0.2) is 35.7 Å². The van der Waals surface area contributed by atoms with Crippen LogP contribution in [0.4, 0.5) is 0 Å². The molecule has 0 amide bonds. The van der Waals surface area contributed by atoms with Crippen molar-refractivity contribution in [3.05, 3.63) is 23.8 Å². The Morgan fingerprint density at radius 3 is 2.10 bits per heavy atom. The highest BCUT2D eigenvalue weighted by Gasteiger charge is 2.39. The van der Waals surface area contributed by atoms with E-state index in [-0.39, 0.29) is 23.7 Å². The molecule has 0 rings (SSSR count). The van der Waals surface area contributed by atoms with E-state index in [1.54, 1.807) is 6.08 Å². The van der Waals surface area contributed by atoms with Crippen molar-refractivity contribution < 1.29 is 17.0 Å². The first-order chi connectivity index (χ1) is 13.4. The molecule has 0 saturated carbocycles. The lowest BCUT2D eigenvalue weighted by Crippen LogP contribution is -2.45. The molecule has 0 radical (unpaired) electrons. The molecular formula is C24H48O4SSi. The van der Waals surface area contributed by atoms with Gasteiger partial charge in [-0.2, -0.15) is 8.42 Å². The molecule has 3 atom stereocenters. The number of rotatable bonds is 13. The van der Waals surface area contributed by atoms with Gasteiger partial charge >= 0.3 is 0 Å². The van der Waals surface area contributed by atoms with E-state index in [2.05, 4.69) is 67.6 Å². The molecule has 0 N–H and O–H groups in total. The minimum Gasteiger partial charge on any atom is -0.413 e. The maximum absolute atomic E-state index is 11.1. The van der Waals surface area contributed by atoms with Crippen molar-refractivity contribution in [3.63, 3.8) is 0 Å². The first-order valence-corrected chi connectivity index (χ1v) is 16.0. The minimum absolute atomic E-state index is 0.0645. The van der Waals surface area contributed by atoms with E-state index < -0.39 is 18.4 Å². The average Bonchev–Trinajstić information content (AvgIpc) is 2.52. The normalized spacial score (nSPS) is 17.5. The monoisotopic (exact) mass is 460 g/mol. The topological polar surface area (TPSA) is 52.6 Å². The second-order valence-corrected chi connectivity index (χ2v) is 17.3. The second-order valence-electron chi connectivity index (χ2n) is 10.9. The Morgan fingerprint density at radius 1 is 1.07 bits per heavy atom. The fourth-order valence-electron chi connectivity index (χ4n) is 3.33. The van der Waals surface area contributed by atoms with Crippen LogP contribution < -0.4 is 0 Å². The van der Waals surface area contributed by atoms with E-state index >= 15 is 0 Å². The van der Waals surface area contributed by atoms with Gasteiger partial charge in [0.15, 0.2) is 8.32 Å². The fourth-order valence-corrected chi connectivity index (χ4v) is 5.10. The number of hydrogen-bond acceptors (Lipinski definition) is 4. The van der Waals surface area contributed by atoms with Gasteiger partial charge in [0.1, 0.15) is 0 Å². The van der Waals surface area contributed by atoms with Crippen molar-refractivity contribution >= 4 is 18.4 Å². The zero-order chi connectivity index (χ0) is 23.8. The van der Waals surface area contributed by atoms with Crippen LogP contribution in [0.1, 0.15) is 74.7 Å². The quantitative estimate of drug-likeness (QED) is 0.169. The van der Waals surface area contributed by atoms with Crippen molar-refractivity contribution in [2.45, 2.75) is 98.9 Å². The predicted molar refractivity (Wildman–Crippen MR) is 133 cm³/mol. The van der Waals surface area contributed by atoms with Gasteiger partial charge in [-0.3, -0.25) is 4.18 Å². The Labute approximate surface area is 188 Å². The van der Waals surface area contributed by atoms with E-state index in [4.69, 9.17) is 8.61 Å². The molecule has 6 heteroatoms. The zero-order valence-electron chi connectivity index (χ0n) is 21.4. The highest BCUT2D eigenvalue weighted by molar-refractivity contribution is 7.85. The van der Waals surface area contributed by atoms with E-state index in [9.17, 15) is 8.42 Å². The SMILES string of the molecule is CC(/C=C/COS(C)(=O)=O)=C\[C@@H](C)[C@@H](CC[C@@H](C)CC(C)C)O[Si](C)(C)C(C)(C)C. The van der Waals surface area contributed by atoms with Gasteiger partial charge in [0, 0.05) is 0 Å². The lowest BCUT2D eigenvalue weighted by molar-refractivity contribution is 0.127. The third kappa shape index (κ3) is 13.1. The molecule has 0 aromatic heterocycles. The van der Waals surface area contributed by atoms with E-state index in [0.717, 1.165) is 24.2 Å². The highest BCUT2D eigenvalue weighted by atomic mass is 32.2. The third-order valence-corrected chi connectivity index (χ3v) is 11.0. The smallest absolute Gasteiger partial charge is 0.264 e. The standard InChI is InChI=1S/C24H48O4SSi/c1-19(2)17-21(4)14-15-23(28-30(10,11)24(6,7)8)22(5)18-20(3)13-12-16-27-29(9,25)26/h12-13,18-19,21-23H,14-17H2,1-11H3/b13-12+,20-18+/t21-,22-,23-/m1/s1. The molecule has 30 heavy (non-hydrogen) atoms. The van der Waals surface area contributed by atoms with Gasteiger partial charge in [-0.15, -0.1) is 0 Å². The molecule has 0 aliphatic heterocycles. The van der Waals surface area contributed by atoms with Crippen LogP contribution in [0.15, 0.2) is 23.8 Å². The fraction of sp³-hybridized carbons (Fsp3) is 0.833. The summed E-state index contributed by atoms with van der Waals surface area (Å²) in [7, 11) is -5.28. The van der Waals surface area contributed by atoms with Crippen LogP contribution in [0.3, 0.4) is 0 Å². The summed E-state index contributed by atoms with van der Waals surface area (Å²) in [6, 6.07) is 0. The molecule has 0 unspecified atom stereocenters. The molecular weight excluding hydrogens is 412 g/mol. The van der Waals surface area contributed by atoms with Gasteiger partial charge in [0.25, 0.3) is 10.1 Å². The molecule has 0 saturated heterocycles. The minimum atomic E-state index is -3.40. The Hall–Kier alpha value is -0.433. The Bertz CT molecular complexity index is 657. The summed E-state index contributed by atoms with van der Waals surface area (Å²) in [5.74, 6) is 1.70. The molecule has 0 aromatic carbocycles. The highest BCUT2D eigenvalue weighted by Crippen LogP contribution is 2.39. The van der Waals surface area contributed by atoms with Gasteiger partial charge in [0.05, 0.1) is 19.0 Å². The predicted octanol–water partition coefficient (Wildman–Crippen LogP) is 6.95. The molecule has 0 aliphatic rings. The van der Waals surface area contributed by atoms with Gasteiger partial charge in [-0.25, -0.2) is 0 Å². The molecule has 0 aliphatic carbocycles. The summed E-state index contributed by atoms with van der Waals surface area (Å²) < 4.78 is 33.8. The molecule has 0 heterocycles. The van der Waals surface area contributed by atoms with Crippen molar-refractivity contribution in [1.82, 2.24) is 0 Å². The lowest BCUT2D eigenvalue weighted by Gasteiger charge is -2.41. The van der Waals surface area contributed by atoms with Crippen LogP contribution >= 0.6 is 0 Å². The van der Waals surface area contributed by atoms with E-state index in [1.807, 2.05) is 13.0 Å². The van der Waals surface area contributed by atoms with Gasteiger partial charge < -0.3 is 4.43 Å². The van der Waals surface area contributed by atoms with E-state index in [1.165, 1.54) is 12.8 Å². The van der Waals surface area contributed by atoms with Crippen molar-refractivity contribution in [3.8, 4) is 0 Å². The summed E-state index contributed by atoms with van der Waals surface area (Å²) in [6.45, 7) is 22.8. The van der Waals surface area contributed by atoms with Crippen LogP contribution in [0.5, 0.6) is 0 Å². The van der Waals surface area contributed by atoms with Crippen LogP contribution in [0.2, 0.25) is 18.1 Å². The first-order valence-electron chi connectivity index (χ1n) is 11.3. The van der Waals surface area contributed by atoms with Crippen molar-refractivity contribution in [1.29, 1.82) is 0 Å². The largest absolute Gasteiger partial charge is 0.413 e. The Morgan fingerprint density at radius 2 is 1.63 bits per heavy atom. The maximum Gasteiger partial charge on any atom is 0.264 e. The first kappa shape index (κ1) is 29.6. The molecule has 0 fully saturated rings. The molecule has 0 bridgehead atoms. The third-order valence-electron chi connectivity index (χ3n) is 5.94. The van der Waals surface area contributed by atoms with Crippen LogP contribution in [0.25, 0.3) is 0 Å².